The monoisotopic (exact) mass is 213 g/mol. The smallest absolute Gasteiger partial charge is 0.164 e. The molecule has 1 rings (SSSR count). The topological polar surface area (TPSA) is 43.1 Å². The van der Waals surface area contributed by atoms with Crippen LogP contribution in [0.4, 0.5) is 8.78 Å². The number of halogens is 2. The number of carbonyl (C=O) groups excluding carboxylic acids is 1. The Morgan fingerprint density at radius 2 is 1.93 bits per heavy atom. The van der Waals surface area contributed by atoms with Gasteiger partial charge in [-0.25, -0.2) is 8.78 Å². The van der Waals surface area contributed by atoms with Gasteiger partial charge in [-0.05, 0) is 32.0 Å². The lowest BCUT2D eigenvalue weighted by Gasteiger charge is -2.08. The summed E-state index contributed by atoms with van der Waals surface area (Å²) in [5.41, 5.74) is 5.43. The number of carbonyl (C=O) groups is 1. The molecular weight excluding hydrogens is 200 g/mol. The predicted octanol–water partition coefficient (Wildman–Crippen LogP) is 2.11. The first-order chi connectivity index (χ1) is 6.99. The average Bonchev–Trinajstić information content (AvgIpc) is 2.20. The summed E-state index contributed by atoms with van der Waals surface area (Å²) in [6.45, 7) is 2.98. The van der Waals surface area contributed by atoms with Crippen LogP contribution in [0.5, 0.6) is 0 Å². The summed E-state index contributed by atoms with van der Waals surface area (Å²) in [7, 11) is 0. The predicted molar refractivity (Wildman–Crippen MR) is 53.8 cm³/mol. The van der Waals surface area contributed by atoms with Crippen LogP contribution in [0.1, 0.15) is 27.9 Å². The fraction of sp³-hybridized carbons (Fsp3) is 0.364. The second-order valence-electron chi connectivity index (χ2n) is 3.43. The van der Waals surface area contributed by atoms with Gasteiger partial charge in [0, 0.05) is 17.5 Å². The van der Waals surface area contributed by atoms with Crippen LogP contribution in [-0.4, -0.2) is 12.3 Å². The Balaban J connectivity index is 3.26. The summed E-state index contributed by atoms with van der Waals surface area (Å²) in [4.78, 5) is 11.5. The Morgan fingerprint density at radius 3 is 2.47 bits per heavy atom. The lowest BCUT2D eigenvalue weighted by atomic mass is 9.99. The molecule has 15 heavy (non-hydrogen) atoms. The number of hydrogen-bond acceptors (Lipinski definition) is 2. The first kappa shape index (κ1) is 11.8. The molecule has 0 radical (unpaired) electrons. The summed E-state index contributed by atoms with van der Waals surface area (Å²) in [6, 6.07) is 1.08. The maximum atomic E-state index is 13.4. The maximum Gasteiger partial charge on any atom is 0.164 e. The third kappa shape index (κ3) is 2.21. The number of hydrogen-bond donors (Lipinski definition) is 1. The van der Waals surface area contributed by atoms with Gasteiger partial charge in [0.2, 0.25) is 0 Å². The molecule has 1 aromatic rings. The van der Waals surface area contributed by atoms with E-state index < -0.39 is 11.6 Å². The first-order valence-corrected chi connectivity index (χ1v) is 4.67. The normalized spacial score (nSPS) is 10.5. The SMILES string of the molecule is Cc1c(F)cc(C(=O)CCN)c(C)c1F. The molecule has 0 heterocycles. The molecule has 0 bridgehead atoms. The van der Waals surface area contributed by atoms with E-state index in [2.05, 4.69) is 0 Å². The van der Waals surface area contributed by atoms with Gasteiger partial charge < -0.3 is 5.73 Å². The Hall–Kier alpha value is -1.29. The molecule has 0 saturated heterocycles. The molecule has 0 aromatic heterocycles. The molecule has 0 unspecified atom stereocenters. The van der Waals surface area contributed by atoms with Crippen LogP contribution in [0, 0.1) is 25.5 Å². The molecule has 0 saturated carbocycles. The number of ketones is 1. The maximum absolute atomic E-state index is 13.4. The molecule has 0 spiro atoms. The summed E-state index contributed by atoms with van der Waals surface area (Å²) >= 11 is 0. The minimum atomic E-state index is -0.696. The zero-order valence-electron chi connectivity index (χ0n) is 8.73. The number of nitrogens with two attached hydrogens (primary N) is 1. The van der Waals surface area contributed by atoms with Gasteiger partial charge in [0.25, 0.3) is 0 Å². The van der Waals surface area contributed by atoms with Gasteiger partial charge in [-0.15, -0.1) is 0 Å². The standard InChI is InChI=1S/C11H13F2NO/c1-6-8(10(15)3-4-14)5-9(12)7(2)11(6)13/h5H,3-4,14H2,1-2H3. The van der Waals surface area contributed by atoms with Crippen molar-refractivity contribution in [3.05, 3.63) is 34.4 Å². The van der Waals surface area contributed by atoms with E-state index in [1.807, 2.05) is 0 Å². The summed E-state index contributed by atoms with van der Waals surface area (Å²) in [5.74, 6) is -1.68. The molecule has 0 aliphatic carbocycles. The van der Waals surface area contributed by atoms with E-state index in [9.17, 15) is 13.6 Å². The molecular formula is C11H13F2NO. The van der Waals surface area contributed by atoms with Crippen molar-refractivity contribution in [2.75, 3.05) is 6.54 Å². The van der Waals surface area contributed by atoms with E-state index in [4.69, 9.17) is 5.73 Å². The van der Waals surface area contributed by atoms with Gasteiger partial charge >= 0.3 is 0 Å². The third-order valence-corrected chi connectivity index (χ3v) is 2.36. The van der Waals surface area contributed by atoms with Crippen molar-refractivity contribution in [1.29, 1.82) is 0 Å². The first-order valence-electron chi connectivity index (χ1n) is 4.67. The van der Waals surface area contributed by atoms with E-state index in [0.717, 1.165) is 6.07 Å². The van der Waals surface area contributed by atoms with Crippen molar-refractivity contribution in [3.63, 3.8) is 0 Å². The average molecular weight is 213 g/mol. The molecule has 1 aromatic carbocycles. The second kappa shape index (κ2) is 4.49. The fourth-order valence-electron chi connectivity index (χ4n) is 1.40. The van der Waals surface area contributed by atoms with Gasteiger partial charge in [0.15, 0.2) is 5.78 Å². The zero-order valence-corrected chi connectivity index (χ0v) is 8.73. The van der Waals surface area contributed by atoms with Crippen molar-refractivity contribution >= 4 is 5.78 Å². The minimum absolute atomic E-state index is 0.0585. The largest absolute Gasteiger partial charge is 0.330 e. The molecule has 0 aliphatic heterocycles. The second-order valence-corrected chi connectivity index (χ2v) is 3.43. The number of benzene rings is 1. The molecule has 0 amide bonds. The van der Waals surface area contributed by atoms with Gasteiger partial charge in [-0.2, -0.15) is 0 Å². The molecule has 2 N–H and O–H groups in total. The van der Waals surface area contributed by atoms with Crippen LogP contribution in [0.2, 0.25) is 0 Å². The molecule has 2 nitrogen and oxygen atoms in total. The molecule has 82 valence electrons. The zero-order chi connectivity index (χ0) is 11.6. The quantitative estimate of drug-likeness (QED) is 0.781. The van der Waals surface area contributed by atoms with Crippen LogP contribution in [-0.2, 0) is 0 Å². The van der Waals surface area contributed by atoms with E-state index in [1.165, 1.54) is 13.8 Å². The van der Waals surface area contributed by atoms with Crippen molar-refractivity contribution in [2.24, 2.45) is 5.73 Å². The van der Waals surface area contributed by atoms with Crippen LogP contribution in [0.3, 0.4) is 0 Å². The highest BCUT2D eigenvalue weighted by molar-refractivity contribution is 5.97. The Kier molecular flexibility index (Phi) is 3.52. The van der Waals surface area contributed by atoms with Gasteiger partial charge in [-0.1, -0.05) is 0 Å². The molecule has 4 heteroatoms. The Bertz CT molecular complexity index is 402. The van der Waals surface area contributed by atoms with E-state index in [1.54, 1.807) is 0 Å². The fourth-order valence-corrected chi connectivity index (χ4v) is 1.40. The lowest BCUT2D eigenvalue weighted by Crippen LogP contribution is -2.11. The lowest BCUT2D eigenvalue weighted by molar-refractivity contribution is 0.0984. The molecule has 0 aliphatic rings. The number of rotatable bonds is 3. The van der Waals surface area contributed by atoms with Crippen LogP contribution in [0.25, 0.3) is 0 Å². The van der Waals surface area contributed by atoms with E-state index >= 15 is 0 Å². The highest BCUT2D eigenvalue weighted by atomic mass is 19.1. The highest BCUT2D eigenvalue weighted by Crippen LogP contribution is 2.20. The van der Waals surface area contributed by atoms with Gasteiger partial charge in [0.05, 0.1) is 0 Å². The van der Waals surface area contributed by atoms with E-state index in [-0.39, 0.29) is 35.4 Å². The summed E-state index contributed by atoms with van der Waals surface area (Å²) < 4.78 is 26.6. The number of Topliss-reactive ketones (excluding diaryl/α,β-unsaturated/α-hetero) is 1. The Labute approximate surface area is 87.1 Å². The van der Waals surface area contributed by atoms with Crippen molar-refractivity contribution in [1.82, 2.24) is 0 Å². The molecule has 0 atom stereocenters. The van der Waals surface area contributed by atoms with E-state index in [0.29, 0.717) is 0 Å². The summed E-state index contributed by atoms with van der Waals surface area (Å²) in [5, 5.41) is 0. The minimum Gasteiger partial charge on any atom is -0.330 e. The van der Waals surface area contributed by atoms with Gasteiger partial charge in [0.1, 0.15) is 11.6 Å². The summed E-state index contributed by atoms with van der Waals surface area (Å²) in [6.07, 6.45) is 0.1000. The van der Waals surface area contributed by atoms with Gasteiger partial charge in [-0.3, -0.25) is 4.79 Å². The highest BCUT2D eigenvalue weighted by Gasteiger charge is 2.16. The Morgan fingerprint density at radius 1 is 1.33 bits per heavy atom. The van der Waals surface area contributed by atoms with Crippen molar-refractivity contribution < 1.29 is 13.6 Å². The van der Waals surface area contributed by atoms with Crippen LogP contribution in [0.15, 0.2) is 6.07 Å². The third-order valence-electron chi connectivity index (χ3n) is 2.36. The molecule has 0 fully saturated rings. The van der Waals surface area contributed by atoms with Crippen LogP contribution < -0.4 is 5.73 Å². The van der Waals surface area contributed by atoms with Crippen LogP contribution >= 0.6 is 0 Å². The van der Waals surface area contributed by atoms with Crippen molar-refractivity contribution in [2.45, 2.75) is 20.3 Å². The van der Waals surface area contributed by atoms with Crippen molar-refractivity contribution in [3.8, 4) is 0 Å².